The van der Waals surface area contributed by atoms with Crippen LogP contribution in [0.4, 0.5) is 11.4 Å². The minimum atomic E-state index is -0.0771. The second-order valence-corrected chi connectivity index (χ2v) is 5.48. The number of carbonyl (C=O) groups is 2. The predicted molar refractivity (Wildman–Crippen MR) is 81.6 cm³/mol. The third kappa shape index (κ3) is 2.66. The molecule has 1 fully saturated rings. The number of likely N-dealkylation sites (N-methyl/N-ethyl adjacent to an activating group) is 1. The molecule has 1 saturated heterocycles. The van der Waals surface area contributed by atoms with E-state index in [1.54, 1.807) is 16.8 Å². The van der Waals surface area contributed by atoms with Crippen molar-refractivity contribution in [1.82, 2.24) is 9.80 Å². The lowest BCUT2D eigenvalue weighted by Gasteiger charge is -2.25. The number of amides is 2. The fraction of sp³-hybridized carbons (Fsp3) is 0.467. The first-order valence-electron chi connectivity index (χ1n) is 7.31. The smallest absolute Gasteiger partial charge is 0.256 e. The van der Waals surface area contributed by atoms with Gasteiger partial charge in [0.1, 0.15) is 6.54 Å². The molecule has 2 aliphatic rings. The molecule has 1 aromatic rings. The van der Waals surface area contributed by atoms with E-state index in [1.165, 1.54) is 0 Å². The van der Waals surface area contributed by atoms with Crippen LogP contribution in [-0.4, -0.2) is 61.4 Å². The lowest BCUT2D eigenvalue weighted by Crippen LogP contribution is -2.38. The molecule has 3 rings (SSSR count). The lowest BCUT2D eigenvalue weighted by atomic mass is 10.1. The first-order valence-corrected chi connectivity index (χ1v) is 7.31. The van der Waals surface area contributed by atoms with Gasteiger partial charge in [0, 0.05) is 33.2 Å². The fourth-order valence-corrected chi connectivity index (χ4v) is 2.78. The van der Waals surface area contributed by atoms with E-state index >= 15 is 0 Å². The standard InChI is InChI=1S/C15H20N4O2/c1-18-8-3-9-19(10-13(18)20)15(21)11-4-2-5-12-14(11)17-7-6-16-12/h2,4-5,16-17H,3,6-10H2,1H3. The SMILES string of the molecule is CN1CCCN(C(=O)c2cccc3c2NCCN3)CC1=O. The number of carbonyl (C=O) groups excluding carboxylic acids is 2. The Morgan fingerprint density at radius 1 is 1.19 bits per heavy atom. The Bertz CT molecular complexity index is 573. The second kappa shape index (κ2) is 5.63. The van der Waals surface area contributed by atoms with Crippen LogP contribution in [0.2, 0.25) is 0 Å². The summed E-state index contributed by atoms with van der Waals surface area (Å²) in [5.74, 6) is -0.0802. The molecule has 0 saturated carbocycles. The van der Waals surface area contributed by atoms with Crippen LogP contribution in [0.1, 0.15) is 16.8 Å². The summed E-state index contributed by atoms with van der Waals surface area (Å²) in [7, 11) is 1.78. The molecule has 0 atom stereocenters. The first kappa shape index (κ1) is 13.7. The molecule has 0 unspecified atom stereocenters. The van der Waals surface area contributed by atoms with Crippen LogP contribution in [0.5, 0.6) is 0 Å². The third-order valence-corrected chi connectivity index (χ3v) is 4.00. The Kier molecular flexibility index (Phi) is 3.68. The van der Waals surface area contributed by atoms with E-state index in [0.29, 0.717) is 18.7 Å². The largest absolute Gasteiger partial charge is 0.382 e. The van der Waals surface area contributed by atoms with E-state index in [2.05, 4.69) is 10.6 Å². The number of benzene rings is 1. The molecule has 0 aromatic heterocycles. The number of rotatable bonds is 1. The molecule has 112 valence electrons. The van der Waals surface area contributed by atoms with Crippen molar-refractivity contribution in [2.24, 2.45) is 0 Å². The highest BCUT2D eigenvalue weighted by Crippen LogP contribution is 2.29. The molecule has 2 N–H and O–H groups in total. The molecule has 1 aromatic carbocycles. The molecule has 2 heterocycles. The van der Waals surface area contributed by atoms with Gasteiger partial charge in [0.25, 0.3) is 5.91 Å². The van der Waals surface area contributed by atoms with Crippen molar-refractivity contribution in [2.45, 2.75) is 6.42 Å². The molecule has 21 heavy (non-hydrogen) atoms. The lowest BCUT2D eigenvalue weighted by molar-refractivity contribution is -0.129. The first-order chi connectivity index (χ1) is 10.2. The monoisotopic (exact) mass is 288 g/mol. The zero-order valence-electron chi connectivity index (χ0n) is 12.2. The molecule has 0 bridgehead atoms. The van der Waals surface area contributed by atoms with Gasteiger partial charge >= 0.3 is 0 Å². The van der Waals surface area contributed by atoms with Gasteiger partial charge in [-0.05, 0) is 18.6 Å². The summed E-state index contributed by atoms with van der Waals surface area (Å²) >= 11 is 0. The van der Waals surface area contributed by atoms with Gasteiger partial charge in [-0.15, -0.1) is 0 Å². The highest BCUT2D eigenvalue weighted by molar-refractivity contribution is 6.04. The van der Waals surface area contributed by atoms with Crippen LogP contribution in [0, 0.1) is 0 Å². The molecule has 0 aliphatic carbocycles. The van der Waals surface area contributed by atoms with Gasteiger partial charge in [-0.2, -0.15) is 0 Å². The number of fused-ring (bicyclic) bond motifs is 1. The van der Waals surface area contributed by atoms with E-state index in [1.807, 2.05) is 18.2 Å². The van der Waals surface area contributed by atoms with Crippen LogP contribution >= 0.6 is 0 Å². The van der Waals surface area contributed by atoms with Crippen molar-refractivity contribution in [3.8, 4) is 0 Å². The van der Waals surface area contributed by atoms with Crippen LogP contribution in [-0.2, 0) is 4.79 Å². The van der Waals surface area contributed by atoms with Crippen LogP contribution in [0.3, 0.4) is 0 Å². The van der Waals surface area contributed by atoms with Gasteiger partial charge in [0.2, 0.25) is 5.91 Å². The van der Waals surface area contributed by atoms with Crippen molar-refractivity contribution in [2.75, 3.05) is 50.4 Å². The summed E-state index contributed by atoms with van der Waals surface area (Å²) in [6.07, 6.45) is 0.814. The predicted octanol–water partition coefficient (Wildman–Crippen LogP) is 0.828. The highest BCUT2D eigenvalue weighted by atomic mass is 16.2. The topological polar surface area (TPSA) is 64.7 Å². The summed E-state index contributed by atoms with van der Waals surface area (Å²) in [5, 5.41) is 6.56. The number of hydrogen-bond donors (Lipinski definition) is 2. The van der Waals surface area contributed by atoms with Gasteiger partial charge in [-0.3, -0.25) is 9.59 Å². The zero-order chi connectivity index (χ0) is 14.8. The van der Waals surface area contributed by atoms with Gasteiger partial charge in [-0.1, -0.05) is 6.07 Å². The minimum Gasteiger partial charge on any atom is -0.382 e. The Hall–Kier alpha value is -2.24. The molecule has 0 spiro atoms. The second-order valence-electron chi connectivity index (χ2n) is 5.48. The highest BCUT2D eigenvalue weighted by Gasteiger charge is 2.26. The Labute approximate surface area is 124 Å². The van der Waals surface area contributed by atoms with E-state index < -0.39 is 0 Å². The summed E-state index contributed by atoms with van der Waals surface area (Å²) in [6, 6.07) is 5.65. The maximum atomic E-state index is 12.8. The summed E-state index contributed by atoms with van der Waals surface area (Å²) in [4.78, 5) is 28.1. The van der Waals surface area contributed by atoms with Crippen LogP contribution in [0.25, 0.3) is 0 Å². The number of hydrogen-bond acceptors (Lipinski definition) is 4. The molecular weight excluding hydrogens is 268 g/mol. The Morgan fingerprint density at radius 3 is 2.86 bits per heavy atom. The van der Waals surface area contributed by atoms with Gasteiger partial charge in [0.05, 0.1) is 16.9 Å². The van der Waals surface area contributed by atoms with E-state index in [4.69, 9.17) is 0 Å². The molecule has 6 heteroatoms. The average Bonchev–Trinajstić information content (AvgIpc) is 2.68. The van der Waals surface area contributed by atoms with Gasteiger partial charge in [-0.25, -0.2) is 0 Å². The Balaban J connectivity index is 1.86. The summed E-state index contributed by atoms with van der Waals surface area (Å²) < 4.78 is 0. The molecule has 2 aliphatic heterocycles. The molecule has 2 amide bonds. The van der Waals surface area contributed by atoms with E-state index in [0.717, 1.165) is 30.9 Å². The normalized spacial score (nSPS) is 18.4. The van der Waals surface area contributed by atoms with Crippen molar-refractivity contribution < 1.29 is 9.59 Å². The third-order valence-electron chi connectivity index (χ3n) is 4.00. The minimum absolute atomic E-state index is 0.00303. The number of para-hydroxylation sites is 1. The molecule has 0 radical (unpaired) electrons. The van der Waals surface area contributed by atoms with Crippen molar-refractivity contribution in [3.63, 3.8) is 0 Å². The zero-order valence-corrected chi connectivity index (χ0v) is 12.2. The fourth-order valence-electron chi connectivity index (χ4n) is 2.78. The molecule has 6 nitrogen and oxygen atoms in total. The number of anilines is 2. The number of nitrogens with one attached hydrogen (secondary N) is 2. The van der Waals surface area contributed by atoms with E-state index in [-0.39, 0.29) is 18.4 Å². The Morgan fingerprint density at radius 2 is 2.00 bits per heavy atom. The van der Waals surface area contributed by atoms with Crippen LogP contribution in [0.15, 0.2) is 18.2 Å². The summed E-state index contributed by atoms with van der Waals surface area (Å²) in [5.41, 5.74) is 2.43. The van der Waals surface area contributed by atoms with E-state index in [9.17, 15) is 9.59 Å². The van der Waals surface area contributed by atoms with Crippen LogP contribution < -0.4 is 10.6 Å². The van der Waals surface area contributed by atoms with Gasteiger partial charge in [0.15, 0.2) is 0 Å². The quantitative estimate of drug-likeness (QED) is 0.803. The van der Waals surface area contributed by atoms with Crippen molar-refractivity contribution in [1.29, 1.82) is 0 Å². The molecular formula is C15H20N4O2. The number of nitrogens with zero attached hydrogens (tertiary/aromatic N) is 2. The maximum absolute atomic E-state index is 12.8. The van der Waals surface area contributed by atoms with Gasteiger partial charge < -0.3 is 20.4 Å². The average molecular weight is 288 g/mol. The van der Waals surface area contributed by atoms with Crippen molar-refractivity contribution >= 4 is 23.2 Å². The summed E-state index contributed by atoms with van der Waals surface area (Å²) in [6.45, 7) is 3.12. The van der Waals surface area contributed by atoms with Crippen molar-refractivity contribution in [3.05, 3.63) is 23.8 Å². The maximum Gasteiger partial charge on any atom is 0.256 e.